The van der Waals surface area contributed by atoms with Gasteiger partial charge in [0.2, 0.25) is 5.91 Å². The van der Waals surface area contributed by atoms with Gasteiger partial charge in [0.25, 0.3) is 11.8 Å². The van der Waals surface area contributed by atoms with Gasteiger partial charge in [-0.1, -0.05) is 6.07 Å². The fraction of sp³-hybridized carbons (Fsp3) is 0.357. The lowest BCUT2D eigenvalue weighted by Crippen LogP contribution is -2.53. The van der Waals surface area contributed by atoms with Crippen LogP contribution >= 0.6 is 22.6 Å². The highest BCUT2D eigenvalue weighted by Crippen LogP contribution is 2.31. The van der Waals surface area contributed by atoms with Crippen molar-refractivity contribution in [2.75, 3.05) is 7.05 Å². The van der Waals surface area contributed by atoms with Gasteiger partial charge in [0.15, 0.2) is 0 Å². The first kappa shape index (κ1) is 13.5. The van der Waals surface area contributed by atoms with E-state index in [0.717, 1.165) is 14.0 Å². The first-order valence-corrected chi connectivity index (χ1v) is 7.47. The third-order valence-electron chi connectivity index (χ3n) is 3.94. The number of imide groups is 1. The number of carbonyl (C=O) groups is 3. The van der Waals surface area contributed by atoms with Crippen LogP contribution in [0.25, 0.3) is 0 Å². The third kappa shape index (κ3) is 1.93. The first-order valence-electron chi connectivity index (χ1n) is 6.39. The van der Waals surface area contributed by atoms with E-state index in [9.17, 15) is 14.4 Å². The van der Waals surface area contributed by atoms with Crippen LogP contribution < -0.4 is 0 Å². The van der Waals surface area contributed by atoms with Crippen molar-refractivity contribution in [2.45, 2.75) is 25.4 Å². The zero-order chi connectivity index (χ0) is 14.4. The highest BCUT2D eigenvalue weighted by Gasteiger charge is 2.41. The molecule has 2 heterocycles. The quantitative estimate of drug-likeness (QED) is 0.543. The van der Waals surface area contributed by atoms with Crippen molar-refractivity contribution >= 4 is 40.3 Å². The molecule has 1 unspecified atom stereocenters. The molecule has 1 aromatic rings. The largest absolute Gasteiger partial charge is 0.322 e. The molecule has 104 valence electrons. The number of carbonyl (C=O) groups excluding carboxylic acids is 3. The Balaban J connectivity index is 1.91. The number of nitrogens with zero attached hydrogens (tertiary/aromatic N) is 2. The molecule has 1 aromatic carbocycles. The Hall–Kier alpha value is -1.44. The molecule has 0 N–H and O–H groups in total. The monoisotopic (exact) mass is 384 g/mol. The minimum absolute atomic E-state index is 0.111. The summed E-state index contributed by atoms with van der Waals surface area (Å²) in [4.78, 5) is 38.9. The van der Waals surface area contributed by atoms with Gasteiger partial charge in [0.1, 0.15) is 6.04 Å². The third-order valence-corrected chi connectivity index (χ3v) is 4.95. The standard InChI is InChI=1S/C14H13IN2O3/c1-16-12(18)6-5-11(14(16)20)17-7-9-8(13(17)19)3-2-4-10(9)15/h2-4,11H,5-7H2,1H3. The fourth-order valence-corrected chi connectivity index (χ4v) is 3.42. The number of halogens is 1. The normalized spacial score (nSPS) is 22.5. The van der Waals surface area contributed by atoms with E-state index in [-0.39, 0.29) is 17.7 Å². The van der Waals surface area contributed by atoms with E-state index in [1.165, 1.54) is 7.05 Å². The summed E-state index contributed by atoms with van der Waals surface area (Å²) in [5.74, 6) is -0.568. The Morgan fingerprint density at radius 1 is 1.25 bits per heavy atom. The van der Waals surface area contributed by atoms with Crippen molar-refractivity contribution in [3.05, 3.63) is 32.9 Å². The van der Waals surface area contributed by atoms with Gasteiger partial charge in [-0.05, 0) is 46.7 Å². The summed E-state index contributed by atoms with van der Waals surface area (Å²) < 4.78 is 1.03. The summed E-state index contributed by atoms with van der Waals surface area (Å²) in [7, 11) is 1.48. The lowest BCUT2D eigenvalue weighted by molar-refractivity contribution is -0.150. The SMILES string of the molecule is CN1C(=O)CCC(N2Cc3c(I)cccc3C2=O)C1=O. The van der Waals surface area contributed by atoms with Crippen LogP contribution in [0, 0.1) is 3.57 Å². The van der Waals surface area contributed by atoms with E-state index in [4.69, 9.17) is 0 Å². The van der Waals surface area contributed by atoms with E-state index in [0.29, 0.717) is 24.9 Å². The molecule has 20 heavy (non-hydrogen) atoms. The molecule has 1 atom stereocenters. The Labute approximate surface area is 130 Å². The van der Waals surface area contributed by atoms with Crippen LogP contribution in [0.5, 0.6) is 0 Å². The molecule has 0 bridgehead atoms. The number of likely N-dealkylation sites (tertiary alicyclic amines) is 1. The summed E-state index contributed by atoms with van der Waals surface area (Å²) in [6.07, 6.45) is 0.725. The Morgan fingerprint density at radius 3 is 2.70 bits per heavy atom. The van der Waals surface area contributed by atoms with Crippen molar-refractivity contribution in [3.63, 3.8) is 0 Å². The van der Waals surface area contributed by atoms with Crippen LogP contribution in [0.4, 0.5) is 0 Å². The topological polar surface area (TPSA) is 57.7 Å². The number of benzene rings is 1. The molecular formula is C14H13IN2O3. The predicted molar refractivity (Wildman–Crippen MR) is 79.8 cm³/mol. The maximum Gasteiger partial charge on any atom is 0.255 e. The van der Waals surface area contributed by atoms with Crippen molar-refractivity contribution in [3.8, 4) is 0 Å². The summed E-state index contributed by atoms with van der Waals surface area (Å²) in [5, 5.41) is 0. The lowest BCUT2D eigenvalue weighted by Gasteiger charge is -2.33. The summed E-state index contributed by atoms with van der Waals surface area (Å²) in [5.41, 5.74) is 1.65. The molecular weight excluding hydrogens is 371 g/mol. The summed E-state index contributed by atoms with van der Waals surface area (Å²) >= 11 is 2.20. The number of hydrogen-bond acceptors (Lipinski definition) is 3. The van der Waals surface area contributed by atoms with Gasteiger partial charge >= 0.3 is 0 Å². The zero-order valence-corrected chi connectivity index (χ0v) is 13.1. The minimum Gasteiger partial charge on any atom is -0.322 e. The minimum atomic E-state index is -0.520. The zero-order valence-electron chi connectivity index (χ0n) is 10.9. The van der Waals surface area contributed by atoms with Crippen LogP contribution in [0.2, 0.25) is 0 Å². The van der Waals surface area contributed by atoms with Gasteiger partial charge in [-0.25, -0.2) is 0 Å². The number of hydrogen-bond donors (Lipinski definition) is 0. The van der Waals surface area contributed by atoms with Gasteiger partial charge in [-0.3, -0.25) is 19.3 Å². The molecule has 0 spiro atoms. The van der Waals surface area contributed by atoms with Gasteiger partial charge < -0.3 is 4.90 Å². The van der Waals surface area contributed by atoms with Gasteiger partial charge in [0.05, 0.1) is 0 Å². The van der Waals surface area contributed by atoms with E-state index >= 15 is 0 Å². The Bertz CT molecular complexity index is 629. The predicted octanol–water partition coefficient (Wildman–Crippen LogP) is 1.39. The molecule has 2 aliphatic rings. The molecule has 0 aromatic heterocycles. The highest BCUT2D eigenvalue weighted by atomic mass is 127. The van der Waals surface area contributed by atoms with E-state index in [1.807, 2.05) is 12.1 Å². The van der Waals surface area contributed by atoms with Crippen molar-refractivity contribution in [1.29, 1.82) is 0 Å². The number of amides is 3. The number of likely N-dealkylation sites (N-methyl/N-ethyl adjacent to an activating group) is 1. The Morgan fingerprint density at radius 2 is 2.00 bits per heavy atom. The summed E-state index contributed by atoms with van der Waals surface area (Å²) in [6.45, 7) is 0.450. The van der Waals surface area contributed by atoms with Gasteiger partial charge in [-0.15, -0.1) is 0 Å². The van der Waals surface area contributed by atoms with E-state index in [2.05, 4.69) is 22.6 Å². The van der Waals surface area contributed by atoms with E-state index < -0.39 is 6.04 Å². The molecule has 1 fully saturated rings. The Kier molecular flexibility index (Phi) is 3.27. The van der Waals surface area contributed by atoms with E-state index in [1.54, 1.807) is 11.0 Å². The van der Waals surface area contributed by atoms with Gasteiger partial charge in [0, 0.05) is 29.1 Å². The van der Waals surface area contributed by atoms with Crippen LogP contribution in [-0.4, -0.2) is 40.6 Å². The van der Waals surface area contributed by atoms with Crippen LogP contribution in [0.1, 0.15) is 28.8 Å². The van der Waals surface area contributed by atoms with Crippen LogP contribution in [-0.2, 0) is 16.1 Å². The fourth-order valence-electron chi connectivity index (χ4n) is 2.76. The maximum atomic E-state index is 12.4. The van der Waals surface area contributed by atoms with Crippen molar-refractivity contribution in [2.24, 2.45) is 0 Å². The van der Waals surface area contributed by atoms with Gasteiger partial charge in [-0.2, -0.15) is 0 Å². The molecule has 5 nitrogen and oxygen atoms in total. The number of piperidine rings is 1. The molecule has 3 rings (SSSR count). The molecule has 6 heteroatoms. The second-order valence-electron chi connectivity index (χ2n) is 5.04. The second kappa shape index (κ2) is 4.83. The average Bonchev–Trinajstić information content (AvgIpc) is 2.76. The highest BCUT2D eigenvalue weighted by molar-refractivity contribution is 14.1. The molecule has 3 amide bonds. The molecule has 1 saturated heterocycles. The maximum absolute atomic E-state index is 12.4. The van der Waals surface area contributed by atoms with Crippen LogP contribution in [0.15, 0.2) is 18.2 Å². The molecule has 0 aliphatic carbocycles. The van der Waals surface area contributed by atoms with Crippen molar-refractivity contribution < 1.29 is 14.4 Å². The molecule has 0 radical (unpaired) electrons. The number of fused-ring (bicyclic) bond motifs is 1. The average molecular weight is 384 g/mol. The lowest BCUT2D eigenvalue weighted by atomic mass is 10.0. The molecule has 2 aliphatic heterocycles. The smallest absolute Gasteiger partial charge is 0.255 e. The first-order chi connectivity index (χ1) is 9.50. The molecule has 0 saturated carbocycles. The number of rotatable bonds is 1. The van der Waals surface area contributed by atoms with Crippen LogP contribution in [0.3, 0.4) is 0 Å². The van der Waals surface area contributed by atoms with Crippen molar-refractivity contribution in [1.82, 2.24) is 9.80 Å². The second-order valence-corrected chi connectivity index (χ2v) is 6.21. The summed E-state index contributed by atoms with van der Waals surface area (Å²) in [6, 6.07) is 5.07.